The first-order valence-electron chi connectivity index (χ1n) is 6.13. The molecule has 0 saturated carbocycles. The summed E-state index contributed by atoms with van der Waals surface area (Å²) in [6.45, 7) is 4.48. The summed E-state index contributed by atoms with van der Waals surface area (Å²) >= 11 is 3.07. The van der Waals surface area contributed by atoms with Gasteiger partial charge in [0.2, 0.25) is 0 Å². The molecule has 0 radical (unpaired) electrons. The molecule has 17 heavy (non-hydrogen) atoms. The maximum absolute atomic E-state index is 11.7. The highest BCUT2D eigenvalue weighted by Crippen LogP contribution is 2.07. The van der Waals surface area contributed by atoms with Crippen molar-refractivity contribution in [2.75, 3.05) is 11.9 Å². The Labute approximate surface area is 112 Å². The Morgan fingerprint density at radius 3 is 2.41 bits per heavy atom. The molecular weight excluding hydrogens is 284 g/mol. The lowest BCUT2D eigenvalue weighted by molar-refractivity contribution is -0.140. The van der Waals surface area contributed by atoms with Gasteiger partial charge in [-0.1, -0.05) is 55.1 Å². The number of rotatable bonds is 9. The van der Waals surface area contributed by atoms with Gasteiger partial charge >= 0.3 is 5.97 Å². The zero-order valence-electron chi connectivity index (χ0n) is 10.6. The van der Waals surface area contributed by atoms with E-state index >= 15 is 0 Å². The largest absolute Gasteiger partial charge is 0.462 e. The Morgan fingerprint density at radius 2 is 1.88 bits per heavy atom. The van der Waals surface area contributed by atoms with E-state index in [4.69, 9.17) is 4.74 Å². The second kappa shape index (κ2) is 10.5. The fraction of sp³-hybridized carbons (Fsp3) is 0.692. The second-order valence-corrected chi connectivity index (χ2v) is 4.37. The molecule has 0 aromatic carbocycles. The van der Waals surface area contributed by atoms with E-state index in [2.05, 4.69) is 22.9 Å². The molecule has 98 valence electrons. The molecule has 0 aliphatic rings. The average molecular weight is 305 g/mol. The van der Waals surface area contributed by atoms with Crippen LogP contribution >= 0.6 is 15.9 Å². The number of Topliss-reactive ketones (excluding diaryl/α,β-unsaturated/α-hetero) is 1. The maximum Gasteiger partial charge on any atom is 0.341 e. The van der Waals surface area contributed by atoms with Gasteiger partial charge in [-0.05, 0) is 12.8 Å². The predicted molar refractivity (Wildman–Crippen MR) is 72.3 cm³/mol. The third-order valence-corrected chi connectivity index (χ3v) is 2.77. The van der Waals surface area contributed by atoms with Gasteiger partial charge < -0.3 is 4.74 Å². The topological polar surface area (TPSA) is 43.4 Å². The molecule has 0 atom stereocenters. The van der Waals surface area contributed by atoms with Crippen molar-refractivity contribution in [2.24, 2.45) is 0 Å². The molecule has 0 N–H and O–H groups in total. The molecule has 0 spiro atoms. The SMILES string of the molecule is CCC/C=C(\C(=O)CBr)C(=O)OCCCCC. The van der Waals surface area contributed by atoms with Gasteiger partial charge in [-0.3, -0.25) is 4.79 Å². The molecule has 3 nitrogen and oxygen atoms in total. The number of hydrogen-bond donors (Lipinski definition) is 0. The standard InChI is InChI=1S/C13H21BrO3/c1-3-5-7-9-17-13(16)11(8-6-4-2)12(15)10-14/h8H,3-7,9-10H2,1-2H3/b11-8+. The molecule has 0 saturated heterocycles. The monoisotopic (exact) mass is 304 g/mol. The van der Waals surface area contributed by atoms with Crippen molar-refractivity contribution in [1.82, 2.24) is 0 Å². The van der Waals surface area contributed by atoms with Gasteiger partial charge in [0.1, 0.15) is 0 Å². The fourth-order valence-corrected chi connectivity index (χ4v) is 1.57. The minimum absolute atomic E-state index is 0.159. The van der Waals surface area contributed by atoms with E-state index in [1.165, 1.54) is 0 Å². The van der Waals surface area contributed by atoms with Crippen molar-refractivity contribution in [3.63, 3.8) is 0 Å². The number of carbonyl (C=O) groups is 2. The van der Waals surface area contributed by atoms with Gasteiger partial charge in [0, 0.05) is 0 Å². The van der Waals surface area contributed by atoms with Crippen LogP contribution in [-0.4, -0.2) is 23.7 Å². The summed E-state index contributed by atoms with van der Waals surface area (Å²) in [5.41, 5.74) is 0.181. The normalized spacial score (nSPS) is 11.4. The maximum atomic E-state index is 11.7. The van der Waals surface area contributed by atoms with E-state index in [1.807, 2.05) is 6.92 Å². The number of allylic oxidation sites excluding steroid dienone is 1. The van der Waals surface area contributed by atoms with Gasteiger partial charge in [-0.15, -0.1) is 0 Å². The fourth-order valence-electron chi connectivity index (χ4n) is 1.27. The van der Waals surface area contributed by atoms with Gasteiger partial charge in [0.05, 0.1) is 17.5 Å². The summed E-state index contributed by atoms with van der Waals surface area (Å²) in [4.78, 5) is 23.2. The van der Waals surface area contributed by atoms with Crippen molar-refractivity contribution in [2.45, 2.75) is 46.0 Å². The highest BCUT2D eigenvalue weighted by molar-refractivity contribution is 9.09. The van der Waals surface area contributed by atoms with Gasteiger partial charge in [0.15, 0.2) is 5.78 Å². The van der Waals surface area contributed by atoms with Gasteiger partial charge in [-0.25, -0.2) is 4.79 Å². The van der Waals surface area contributed by atoms with Crippen molar-refractivity contribution in [3.05, 3.63) is 11.6 Å². The highest BCUT2D eigenvalue weighted by Gasteiger charge is 2.17. The quantitative estimate of drug-likeness (QED) is 0.164. The predicted octanol–water partition coefficient (Wildman–Crippen LogP) is 3.41. The van der Waals surface area contributed by atoms with E-state index in [0.29, 0.717) is 6.61 Å². The van der Waals surface area contributed by atoms with Crippen LogP contribution < -0.4 is 0 Å². The number of alkyl halides is 1. The summed E-state index contributed by atoms with van der Waals surface area (Å²) in [6.07, 6.45) is 6.27. The summed E-state index contributed by atoms with van der Waals surface area (Å²) in [5.74, 6) is -0.696. The lowest BCUT2D eigenvalue weighted by Crippen LogP contribution is -2.17. The number of ether oxygens (including phenoxy) is 1. The molecule has 0 rings (SSSR count). The van der Waals surface area contributed by atoms with Crippen LogP contribution in [0.5, 0.6) is 0 Å². The first kappa shape index (κ1) is 16.4. The van der Waals surface area contributed by atoms with E-state index < -0.39 is 5.97 Å². The Morgan fingerprint density at radius 1 is 1.18 bits per heavy atom. The van der Waals surface area contributed by atoms with Gasteiger partial charge in [-0.2, -0.15) is 0 Å². The smallest absolute Gasteiger partial charge is 0.341 e. The molecule has 0 amide bonds. The van der Waals surface area contributed by atoms with Crippen LogP contribution in [0.3, 0.4) is 0 Å². The Kier molecular flexibility index (Phi) is 10.1. The third-order valence-electron chi connectivity index (χ3n) is 2.26. The van der Waals surface area contributed by atoms with Crippen molar-refractivity contribution in [3.8, 4) is 0 Å². The number of carbonyl (C=O) groups excluding carboxylic acids is 2. The van der Waals surface area contributed by atoms with E-state index in [-0.39, 0.29) is 16.7 Å². The summed E-state index contributed by atoms with van der Waals surface area (Å²) in [6, 6.07) is 0. The Bertz CT molecular complexity index is 272. The van der Waals surface area contributed by atoms with Crippen molar-refractivity contribution >= 4 is 27.7 Å². The molecule has 0 aromatic heterocycles. The molecule has 0 heterocycles. The molecule has 0 aliphatic carbocycles. The van der Waals surface area contributed by atoms with Crippen LogP contribution in [0.4, 0.5) is 0 Å². The Balaban J connectivity index is 4.28. The molecule has 0 aromatic rings. The van der Waals surface area contributed by atoms with Crippen LogP contribution in [0, 0.1) is 0 Å². The molecule has 4 heteroatoms. The summed E-state index contributed by atoms with van der Waals surface area (Å²) in [7, 11) is 0. The van der Waals surface area contributed by atoms with Crippen LogP contribution in [0.2, 0.25) is 0 Å². The first-order chi connectivity index (χ1) is 8.17. The number of halogens is 1. The summed E-state index contributed by atoms with van der Waals surface area (Å²) in [5, 5.41) is 0.159. The highest BCUT2D eigenvalue weighted by atomic mass is 79.9. The zero-order chi connectivity index (χ0) is 13.1. The third kappa shape index (κ3) is 7.31. The van der Waals surface area contributed by atoms with E-state index in [0.717, 1.165) is 32.1 Å². The number of hydrogen-bond acceptors (Lipinski definition) is 3. The second-order valence-electron chi connectivity index (χ2n) is 3.81. The molecular formula is C13H21BrO3. The number of unbranched alkanes of at least 4 members (excludes halogenated alkanes) is 3. The number of esters is 1. The van der Waals surface area contributed by atoms with Crippen LogP contribution in [0.1, 0.15) is 46.0 Å². The van der Waals surface area contributed by atoms with Crippen molar-refractivity contribution < 1.29 is 14.3 Å². The molecule has 0 bridgehead atoms. The van der Waals surface area contributed by atoms with Crippen LogP contribution in [-0.2, 0) is 14.3 Å². The van der Waals surface area contributed by atoms with Crippen LogP contribution in [0.15, 0.2) is 11.6 Å². The summed E-state index contributed by atoms with van der Waals surface area (Å²) < 4.78 is 5.08. The van der Waals surface area contributed by atoms with E-state index in [9.17, 15) is 9.59 Å². The first-order valence-corrected chi connectivity index (χ1v) is 7.25. The number of ketones is 1. The molecule has 0 aliphatic heterocycles. The minimum atomic E-state index is -0.487. The lowest BCUT2D eigenvalue weighted by Gasteiger charge is -2.06. The average Bonchev–Trinajstić information content (AvgIpc) is 2.34. The zero-order valence-corrected chi connectivity index (χ0v) is 12.2. The van der Waals surface area contributed by atoms with Gasteiger partial charge in [0.25, 0.3) is 0 Å². The Hall–Kier alpha value is -0.640. The molecule has 0 unspecified atom stereocenters. The van der Waals surface area contributed by atoms with E-state index in [1.54, 1.807) is 6.08 Å². The minimum Gasteiger partial charge on any atom is -0.462 e. The molecule has 0 fully saturated rings. The van der Waals surface area contributed by atoms with Crippen LogP contribution in [0.25, 0.3) is 0 Å². The van der Waals surface area contributed by atoms with Crippen molar-refractivity contribution in [1.29, 1.82) is 0 Å². The lowest BCUT2D eigenvalue weighted by atomic mass is 10.1.